The van der Waals surface area contributed by atoms with Gasteiger partial charge in [-0.25, -0.2) is 4.39 Å². The SMILES string of the molecule is C/C=C(/C)C(C/C(Br)=C\C)OCc1ccccc1.CCCCc1ccc(F)cc1.O=C1CCCN1c1ccccc1. The molecule has 0 spiro atoms. The Labute approximate surface area is 255 Å². The van der Waals surface area contributed by atoms with Crippen LogP contribution in [-0.4, -0.2) is 18.6 Å². The third-order valence-electron chi connectivity index (χ3n) is 6.82. The first-order valence-electron chi connectivity index (χ1n) is 14.6. The van der Waals surface area contributed by atoms with Gasteiger partial charge in [0.1, 0.15) is 5.82 Å². The number of anilines is 1. The molecule has 0 aliphatic carbocycles. The average Bonchev–Trinajstić information content (AvgIpc) is 3.45. The van der Waals surface area contributed by atoms with Gasteiger partial charge in [0.25, 0.3) is 0 Å². The predicted octanol–water partition coefficient (Wildman–Crippen LogP) is 10.2. The number of amides is 1. The Hall–Kier alpha value is -3.02. The Balaban J connectivity index is 0.000000224. The van der Waals surface area contributed by atoms with E-state index in [2.05, 4.69) is 61.0 Å². The van der Waals surface area contributed by atoms with E-state index in [0.29, 0.717) is 13.0 Å². The monoisotopic (exact) mass is 621 g/mol. The molecule has 1 heterocycles. The molecule has 3 aromatic rings. The minimum atomic E-state index is -0.148. The van der Waals surface area contributed by atoms with Gasteiger partial charge < -0.3 is 9.64 Å². The van der Waals surface area contributed by atoms with E-state index in [0.717, 1.165) is 31.5 Å². The first kappa shape index (κ1) is 34.2. The van der Waals surface area contributed by atoms with Crippen LogP contribution in [0, 0.1) is 5.82 Å². The van der Waals surface area contributed by atoms with E-state index in [4.69, 9.17) is 4.74 Å². The number of hydrogen-bond donors (Lipinski definition) is 0. The van der Waals surface area contributed by atoms with Crippen molar-refractivity contribution in [2.45, 2.75) is 78.9 Å². The summed E-state index contributed by atoms with van der Waals surface area (Å²) in [6.45, 7) is 9.89. The molecule has 1 aliphatic heterocycles. The molecule has 0 radical (unpaired) electrons. The van der Waals surface area contributed by atoms with Crippen LogP contribution in [0.4, 0.5) is 10.1 Å². The van der Waals surface area contributed by atoms with Crippen molar-refractivity contribution in [1.82, 2.24) is 0 Å². The Bertz CT molecular complexity index is 1190. The summed E-state index contributed by atoms with van der Waals surface area (Å²) in [6, 6.07) is 26.9. The number of nitrogens with zero attached hydrogens (tertiary/aromatic N) is 1. The van der Waals surface area contributed by atoms with Crippen molar-refractivity contribution in [3.05, 3.63) is 124 Å². The van der Waals surface area contributed by atoms with Gasteiger partial charge in [-0.15, -0.1) is 0 Å². The van der Waals surface area contributed by atoms with Crippen LogP contribution in [0.15, 0.2) is 107 Å². The second kappa shape index (κ2) is 20.0. The lowest BCUT2D eigenvalue weighted by atomic mass is 10.1. The summed E-state index contributed by atoms with van der Waals surface area (Å²) >= 11 is 3.56. The molecule has 41 heavy (non-hydrogen) atoms. The van der Waals surface area contributed by atoms with Crippen molar-refractivity contribution in [3.63, 3.8) is 0 Å². The van der Waals surface area contributed by atoms with Crippen LogP contribution in [0.2, 0.25) is 0 Å². The summed E-state index contributed by atoms with van der Waals surface area (Å²) in [6.07, 6.45) is 10.4. The summed E-state index contributed by atoms with van der Waals surface area (Å²) < 4.78 is 19.6. The molecule has 1 atom stereocenters. The van der Waals surface area contributed by atoms with Gasteiger partial charge in [-0.05, 0) is 85.5 Å². The second-order valence-electron chi connectivity index (χ2n) is 9.97. The number of para-hydroxylation sites is 1. The van der Waals surface area contributed by atoms with Gasteiger partial charge in [-0.3, -0.25) is 4.79 Å². The molecule has 0 N–H and O–H groups in total. The number of rotatable bonds is 10. The van der Waals surface area contributed by atoms with Crippen LogP contribution >= 0.6 is 15.9 Å². The lowest BCUT2D eigenvalue weighted by Crippen LogP contribution is -2.23. The Morgan fingerprint density at radius 1 is 0.951 bits per heavy atom. The molecule has 1 aliphatic rings. The number of allylic oxidation sites excluding steroid dienone is 2. The van der Waals surface area contributed by atoms with Gasteiger partial charge in [-0.1, -0.05) is 102 Å². The van der Waals surface area contributed by atoms with E-state index < -0.39 is 0 Å². The fourth-order valence-electron chi connectivity index (χ4n) is 4.16. The van der Waals surface area contributed by atoms with E-state index in [9.17, 15) is 9.18 Å². The quantitative estimate of drug-likeness (QED) is 0.211. The first-order chi connectivity index (χ1) is 19.9. The zero-order valence-electron chi connectivity index (χ0n) is 25.0. The normalized spacial score (nSPS) is 14.1. The van der Waals surface area contributed by atoms with Crippen molar-refractivity contribution in [3.8, 4) is 0 Å². The smallest absolute Gasteiger partial charge is 0.227 e. The molecule has 3 aromatic carbocycles. The highest BCUT2D eigenvalue weighted by molar-refractivity contribution is 9.11. The van der Waals surface area contributed by atoms with Crippen molar-refractivity contribution < 1.29 is 13.9 Å². The second-order valence-corrected chi connectivity index (χ2v) is 11.0. The molecular formula is C36H45BrFNO2. The molecule has 3 nitrogen and oxygen atoms in total. The number of ether oxygens (including phenoxy) is 1. The molecule has 220 valence electrons. The molecule has 1 unspecified atom stereocenters. The summed E-state index contributed by atoms with van der Waals surface area (Å²) in [4.78, 5) is 13.1. The first-order valence-corrected chi connectivity index (χ1v) is 15.4. The van der Waals surface area contributed by atoms with Crippen molar-refractivity contribution >= 4 is 27.5 Å². The molecular weight excluding hydrogens is 577 g/mol. The maximum atomic E-state index is 12.4. The molecule has 0 aromatic heterocycles. The number of carbonyl (C=O) groups is 1. The minimum Gasteiger partial charge on any atom is -0.369 e. The minimum absolute atomic E-state index is 0.140. The maximum Gasteiger partial charge on any atom is 0.227 e. The van der Waals surface area contributed by atoms with E-state index in [1.807, 2.05) is 72.5 Å². The molecule has 5 heteroatoms. The van der Waals surface area contributed by atoms with Crippen molar-refractivity contribution in [1.29, 1.82) is 0 Å². The topological polar surface area (TPSA) is 29.5 Å². The molecule has 1 saturated heterocycles. The molecule has 0 bridgehead atoms. The van der Waals surface area contributed by atoms with Crippen LogP contribution in [0.25, 0.3) is 0 Å². The standard InChI is InChI=1S/C16H21BrO.C10H13F.C10H11NO/c1-4-13(3)16(11-15(17)5-2)18-12-14-9-7-6-8-10-14;1-2-3-4-9-5-7-10(11)8-6-9;12-10-7-4-8-11(10)9-5-2-1-3-6-9/h4-10,16H,11-12H2,1-3H3;5-8H,2-4H2,1H3;1-3,5-6H,4,7-8H2/b13-4-,15-5+;;. The van der Waals surface area contributed by atoms with Crippen molar-refractivity contribution in [2.75, 3.05) is 11.4 Å². The fourth-order valence-corrected chi connectivity index (χ4v) is 4.46. The number of benzene rings is 3. The fraction of sp³-hybridized carbons (Fsp3) is 0.361. The van der Waals surface area contributed by atoms with Crippen LogP contribution < -0.4 is 4.90 Å². The van der Waals surface area contributed by atoms with Crippen LogP contribution in [0.5, 0.6) is 0 Å². The lowest BCUT2D eigenvalue weighted by Gasteiger charge is -2.18. The molecule has 4 rings (SSSR count). The third kappa shape index (κ3) is 13.5. The molecule has 0 saturated carbocycles. The average molecular weight is 623 g/mol. The van der Waals surface area contributed by atoms with E-state index in [1.165, 1.54) is 46.2 Å². The largest absolute Gasteiger partial charge is 0.369 e. The number of aryl methyl sites for hydroxylation is 1. The Morgan fingerprint density at radius 3 is 2.12 bits per heavy atom. The molecule has 1 fully saturated rings. The van der Waals surface area contributed by atoms with Gasteiger partial charge in [0.05, 0.1) is 12.7 Å². The van der Waals surface area contributed by atoms with Gasteiger partial charge >= 0.3 is 0 Å². The Kier molecular flexibility index (Phi) is 16.6. The Morgan fingerprint density at radius 2 is 1.59 bits per heavy atom. The summed E-state index contributed by atoms with van der Waals surface area (Å²) in [5.41, 5.74) is 4.74. The number of carbonyl (C=O) groups excluding carboxylic acids is 1. The van der Waals surface area contributed by atoms with E-state index in [1.54, 1.807) is 0 Å². The zero-order valence-corrected chi connectivity index (χ0v) is 26.6. The summed E-state index contributed by atoms with van der Waals surface area (Å²) in [7, 11) is 0. The summed E-state index contributed by atoms with van der Waals surface area (Å²) in [5, 5.41) is 0. The lowest BCUT2D eigenvalue weighted by molar-refractivity contribution is -0.117. The highest BCUT2D eigenvalue weighted by atomic mass is 79.9. The maximum absolute atomic E-state index is 12.4. The highest BCUT2D eigenvalue weighted by Crippen LogP contribution is 2.22. The summed E-state index contributed by atoms with van der Waals surface area (Å²) in [5.74, 6) is 0.103. The van der Waals surface area contributed by atoms with Gasteiger partial charge in [0.2, 0.25) is 5.91 Å². The van der Waals surface area contributed by atoms with Crippen LogP contribution in [-0.2, 0) is 22.6 Å². The zero-order chi connectivity index (χ0) is 29.9. The van der Waals surface area contributed by atoms with E-state index >= 15 is 0 Å². The molecule has 1 amide bonds. The third-order valence-corrected chi connectivity index (χ3v) is 7.61. The highest BCUT2D eigenvalue weighted by Gasteiger charge is 2.20. The predicted molar refractivity (Wildman–Crippen MR) is 175 cm³/mol. The van der Waals surface area contributed by atoms with Gasteiger partial charge in [0.15, 0.2) is 0 Å². The number of halogens is 2. The van der Waals surface area contributed by atoms with Gasteiger partial charge in [-0.2, -0.15) is 0 Å². The van der Waals surface area contributed by atoms with Gasteiger partial charge in [0, 0.05) is 25.1 Å². The number of hydrogen-bond acceptors (Lipinski definition) is 2. The number of unbranched alkanes of at least 4 members (excludes halogenated alkanes) is 1. The van der Waals surface area contributed by atoms with Crippen LogP contribution in [0.1, 0.15) is 70.9 Å². The van der Waals surface area contributed by atoms with Crippen molar-refractivity contribution in [2.24, 2.45) is 0 Å². The van der Waals surface area contributed by atoms with Crippen LogP contribution in [0.3, 0.4) is 0 Å². The van der Waals surface area contributed by atoms with E-state index in [-0.39, 0.29) is 17.8 Å².